The van der Waals surface area contributed by atoms with Gasteiger partial charge in [0.05, 0.1) is 16.9 Å². The topological polar surface area (TPSA) is 89.3 Å². The Morgan fingerprint density at radius 2 is 2.36 bits per heavy atom. The van der Waals surface area contributed by atoms with Gasteiger partial charge in [0.2, 0.25) is 0 Å². The van der Waals surface area contributed by atoms with Gasteiger partial charge in [0.1, 0.15) is 0 Å². The summed E-state index contributed by atoms with van der Waals surface area (Å²) >= 11 is 1.77. The molecule has 0 saturated carbocycles. The maximum Gasteiger partial charge on any atom is 0.417 e. The first-order valence-electron chi connectivity index (χ1n) is 8.49. The minimum Gasteiger partial charge on any atom is -0.408 e. The van der Waals surface area contributed by atoms with E-state index in [9.17, 15) is 4.79 Å². The average Bonchev–Trinajstić information content (AvgIpc) is 3.23. The zero-order valence-electron chi connectivity index (χ0n) is 13.8. The number of aromatic amines is 1. The molecule has 3 aromatic heterocycles. The highest BCUT2D eigenvalue weighted by atomic mass is 32.1. The number of oxazole rings is 1. The molecular formula is C18H18N4O2S. The SMILES string of the molecule is CC1CCc2c(sc3nc(-c4ccc5[nH]c(=O)oc5c4)c(CN)n23)C1. The third kappa shape index (κ3) is 2.19. The van der Waals surface area contributed by atoms with Crippen molar-refractivity contribution in [1.82, 2.24) is 14.4 Å². The van der Waals surface area contributed by atoms with E-state index in [-0.39, 0.29) is 0 Å². The molecule has 0 spiro atoms. The Morgan fingerprint density at radius 3 is 3.20 bits per heavy atom. The molecule has 1 atom stereocenters. The standard InChI is InChI=1S/C18H18N4O2S/c1-9-2-5-12-15(6-9)25-17-21-16(13(8-19)22(12)17)10-3-4-11-14(7-10)24-18(23)20-11/h3-4,7,9H,2,5-6,8,19H2,1H3,(H,20,23). The minimum atomic E-state index is -0.444. The first-order chi connectivity index (χ1) is 12.1. The highest BCUT2D eigenvalue weighted by Gasteiger charge is 2.25. The zero-order valence-corrected chi connectivity index (χ0v) is 14.7. The number of thiazole rings is 1. The summed E-state index contributed by atoms with van der Waals surface area (Å²) in [5.41, 5.74) is 11.5. The lowest BCUT2D eigenvalue weighted by Gasteiger charge is -2.18. The zero-order chi connectivity index (χ0) is 17.1. The van der Waals surface area contributed by atoms with Gasteiger partial charge in [-0.2, -0.15) is 0 Å². The van der Waals surface area contributed by atoms with Crippen molar-refractivity contribution < 1.29 is 4.42 Å². The Labute approximate surface area is 147 Å². The van der Waals surface area contributed by atoms with Crippen molar-refractivity contribution in [1.29, 1.82) is 0 Å². The van der Waals surface area contributed by atoms with Crippen LogP contribution in [0.1, 0.15) is 29.6 Å². The Bertz CT molecular complexity index is 1160. The van der Waals surface area contributed by atoms with Crippen molar-refractivity contribution in [2.45, 2.75) is 32.7 Å². The van der Waals surface area contributed by atoms with Crippen molar-refractivity contribution in [3.8, 4) is 11.3 Å². The van der Waals surface area contributed by atoms with Gasteiger partial charge in [-0.05, 0) is 37.3 Å². The highest BCUT2D eigenvalue weighted by Crippen LogP contribution is 2.36. The average molecular weight is 354 g/mol. The Hall–Kier alpha value is -2.38. The first-order valence-corrected chi connectivity index (χ1v) is 9.31. The molecule has 7 heteroatoms. The van der Waals surface area contributed by atoms with Crippen molar-refractivity contribution in [2.24, 2.45) is 11.7 Å². The fourth-order valence-corrected chi connectivity index (χ4v) is 5.14. The van der Waals surface area contributed by atoms with Gasteiger partial charge in [0.15, 0.2) is 10.5 Å². The van der Waals surface area contributed by atoms with Crippen LogP contribution < -0.4 is 11.5 Å². The van der Waals surface area contributed by atoms with Crippen molar-refractivity contribution in [3.05, 3.63) is 45.0 Å². The van der Waals surface area contributed by atoms with E-state index >= 15 is 0 Å². The molecule has 0 amide bonds. The first kappa shape index (κ1) is 14.9. The van der Waals surface area contributed by atoms with Gasteiger partial charge in [0.25, 0.3) is 0 Å². The fourth-order valence-electron chi connectivity index (χ4n) is 3.80. The van der Waals surface area contributed by atoms with Crippen molar-refractivity contribution >= 4 is 27.4 Å². The number of rotatable bonds is 2. The molecule has 5 rings (SSSR count). The van der Waals surface area contributed by atoms with Gasteiger partial charge < -0.3 is 10.2 Å². The summed E-state index contributed by atoms with van der Waals surface area (Å²) in [6.45, 7) is 2.73. The number of hydrogen-bond acceptors (Lipinski definition) is 5. The Kier molecular flexibility index (Phi) is 3.17. The third-order valence-electron chi connectivity index (χ3n) is 5.04. The van der Waals surface area contributed by atoms with Crippen LogP contribution >= 0.6 is 11.3 Å². The van der Waals surface area contributed by atoms with Crippen LogP contribution in [0.4, 0.5) is 0 Å². The number of nitrogens with zero attached hydrogens (tertiary/aromatic N) is 2. The van der Waals surface area contributed by atoms with E-state index in [0.29, 0.717) is 17.6 Å². The summed E-state index contributed by atoms with van der Waals surface area (Å²) in [7, 11) is 0. The molecule has 3 N–H and O–H groups in total. The molecule has 25 heavy (non-hydrogen) atoms. The molecule has 0 radical (unpaired) electrons. The number of aryl methyl sites for hydroxylation is 1. The van der Waals surface area contributed by atoms with E-state index in [2.05, 4.69) is 16.3 Å². The monoisotopic (exact) mass is 354 g/mol. The summed E-state index contributed by atoms with van der Waals surface area (Å²) in [4.78, 5) is 21.4. The van der Waals surface area contributed by atoms with E-state index < -0.39 is 5.76 Å². The molecule has 0 fully saturated rings. The number of benzene rings is 1. The number of nitrogens with one attached hydrogen (secondary N) is 1. The van der Waals surface area contributed by atoms with Crippen molar-refractivity contribution in [3.63, 3.8) is 0 Å². The summed E-state index contributed by atoms with van der Waals surface area (Å²) in [5, 5.41) is 0. The van der Waals surface area contributed by atoms with Gasteiger partial charge in [0, 0.05) is 22.7 Å². The van der Waals surface area contributed by atoms with Crippen LogP contribution in [0.3, 0.4) is 0 Å². The molecule has 1 aliphatic carbocycles. The van der Waals surface area contributed by atoms with Crippen LogP contribution in [0.25, 0.3) is 27.3 Å². The molecular weight excluding hydrogens is 336 g/mol. The van der Waals surface area contributed by atoms with Gasteiger partial charge in [-0.25, -0.2) is 9.78 Å². The number of nitrogens with two attached hydrogens (primary N) is 1. The number of aromatic nitrogens is 3. The molecule has 1 aromatic carbocycles. The van der Waals surface area contributed by atoms with Crippen molar-refractivity contribution in [2.75, 3.05) is 0 Å². The number of imidazole rings is 1. The third-order valence-corrected chi connectivity index (χ3v) is 6.15. The maximum absolute atomic E-state index is 11.4. The molecule has 0 saturated heterocycles. The predicted octanol–water partition coefficient (Wildman–Crippen LogP) is 3.08. The highest BCUT2D eigenvalue weighted by molar-refractivity contribution is 7.17. The van der Waals surface area contributed by atoms with Crippen LogP contribution in [0.15, 0.2) is 27.4 Å². The van der Waals surface area contributed by atoms with Gasteiger partial charge >= 0.3 is 5.76 Å². The molecule has 1 aliphatic rings. The second-order valence-corrected chi connectivity index (χ2v) is 7.84. The largest absolute Gasteiger partial charge is 0.417 e. The fraction of sp³-hybridized carbons (Fsp3) is 0.333. The summed E-state index contributed by atoms with van der Waals surface area (Å²) in [6, 6.07) is 5.65. The van der Waals surface area contributed by atoms with E-state index in [4.69, 9.17) is 15.1 Å². The second-order valence-electron chi connectivity index (χ2n) is 6.77. The molecule has 0 bridgehead atoms. The summed E-state index contributed by atoms with van der Waals surface area (Å²) < 4.78 is 7.44. The number of fused-ring (bicyclic) bond motifs is 4. The summed E-state index contributed by atoms with van der Waals surface area (Å²) in [5.74, 6) is 0.288. The molecule has 3 heterocycles. The lowest BCUT2D eigenvalue weighted by Crippen LogP contribution is -2.13. The Morgan fingerprint density at radius 1 is 1.48 bits per heavy atom. The van der Waals surface area contributed by atoms with Crippen LogP contribution in [-0.2, 0) is 19.4 Å². The van der Waals surface area contributed by atoms with E-state index in [0.717, 1.165) is 40.7 Å². The second kappa shape index (κ2) is 5.31. The quantitative estimate of drug-likeness (QED) is 0.579. The maximum atomic E-state index is 11.4. The predicted molar refractivity (Wildman–Crippen MR) is 98.0 cm³/mol. The van der Waals surface area contributed by atoms with Crippen LogP contribution in [0.2, 0.25) is 0 Å². The molecule has 4 aromatic rings. The Balaban J connectivity index is 1.72. The van der Waals surface area contributed by atoms with E-state index in [1.165, 1.54) is 17.0 Å². The summed E-state index contributed by atoms with van der Waals surface area (Å²) in [6.07, 6.45) is 3.41. The number of hydrogen-bond donors (Lipinski definition) is 2. The van der Waals surface area contributed by atoms with Gasteiger partial charge in [-0.15, -0.1) is 11.3 Å². The van der Waals surface area contributed by atoms with Crippen LogP contribution in [0.5, 0.6) is 0 Å². The van der Waals surface area contributed by atoms with Gasteiger partial charge in [-0.3, -0.25) is 9.38 Å². The lowest BCUT2D eigenvalue weighted by molar-refractivity contribution is 0.498. The smallest absolute Gasteiger partial charge is 0.408 e. The van der Waals surface area contributed by atoms with E-state index in [1.807, 2.05) is 18.2 Å². The van der Waals surface area contributed by atoms with Crippen LogP contribution in [-0.4, -0.2) is 14.4 Å². The normalized spacial score (nSPS) is 17.4. The molecule has 128 valence electrons. The molecule has 6 nitrogen and oxygen atoms in total. The molecule has 0 aliphatic heterocycles. The van der Waals surface area contributed by atoms with Gasteiger partial charge in [-0.1, -0.05) is 13.0 Å². The number of H-pyrrole nitrogens is 1. The molecule has 1 unspecified atom stereocenters. The van der Waals surface area contributed by atoms with E-state index in [1.54, 1.807) is 11.3 Å². The lowest BCUT2D eigenvalue weighted by atomic mass is 9.93. The minimum absolute atomic E-state index is 0.421. The van der Waals surface area contributed by atoms with Crippen LogP contribution in [0, 0.1) is 5.92 Å².